The first-order valence-electron chi connectivity index (χ1n) is 8.69. The van der Waals surface area contributed by atoms with Crippen LogP contribution in [0.15, 0.2) is 42.2 Å². The summed E-state index contributed by atoms with van der Waals surface area (Å²) in [6.07, 6.45) is 0. The van der Waals surface area contributed by atoms with Crippen molar-refractivity contribution in [2.75, 3.05) is 0 Å². The number of hydrogen-bond acceptors (Lipinski definition) is 3. The zero-order chi connectivity index (χ0) is 20.1. The molecular formula is C22H22ClFO3. The van der Waals surface area contributed by atoms with Gasteiger partial charge in [0.2, 0.25) is 0 Å². The molecule has 2 aromatic carbocycles. The number of ether oxygens (including phenoxy) is 1. The van der Waals surface area contributed by atoms with Gasteiger partial charge in [-0.15, -0.1) is 0 Å². The first-order valence-corrected chi connectivity index (χ1v) is 9.07. The molecule has 0 atom stereocenters. The van der Waals surface area contributed by atoms with E-state index in [1.807, 2.05) is 19.1 Å². The molecule has 0 bridgehead atoms. The fourth-order valence-corrected chi connectivity index (χ4v) is 3.56. The molecule has 1 aliphatic rings. The largest absolute Gasteiger partial charge is 0.508 e. The van der Waals surface area contributed by atoms with Crippen LogP contribution in [0.2, 0.25) is 5.02 Å². The molecule has 3 rings (SSSR count). The van der Waals surface area contributed by atoms with E-state index in [0.717, 1.165) is 11.1 Å². The molecule has 1 heterocycles. The van der Waals surface area contributed by atoms with Crippen LogP contribution in [0.3, 0.4) is 0 Å². The van der Waals surface area contributed by atoms with Gasteiger partial charge in [0.05, 0.1) is 10.6 Å². The van der Waals surface area contributed by atoms with Crippen molar-refractivity contribution in [2.45, 2.75) is 45.8 Å². The predicted molar refractivity (Wildman–Crippen MR) is 105 cm³/mol. The maximum absolute atomic E-state index is 13.9. The van der Waals surface area contributed by atoms with Crippen LogP contribution in [0.5, 0.6) is 0 Å². The third kappa shape index (κ3) is 3.40. The van der Waals surface area contributed by atoms with Gasteiger partial charge in [-0.3, -0.25) is 4.79 Å². The van der Waals surface area contributed by atoms with Crippen LogP contribution >= 0.6 is 11.6 Å². The SMILES string of the molecule is Cc1ccc(-c2ccc(Cl)c(F)c2)cc1C1=C(O)C(C)(C)OC(C)(C)C1=O. The Balaban J connectivity index is 2.22. The Morgan fingerprint density at radius 3 is 2.22 bits per heavy atom. The molecule has 5 heteroatoms. The lowest BCUT2D eigenvalue weighted by Crippen LogP contribution is -2.49. The lowest BCUT2D eigenvalue weighted by molar-refractivity contribution is -0.158. The highest BCUT2D eigenvalue weighted by atomic mass is 35.5. The number of aliphatic hydroxyl groups is 1. The van der Waals surface area contributed by atoms with E-state index >= 15 is 0 Å². The second-order valence-electron chi connectivity index (χ2n) is 7.83. The van der Waals surface area contributed by atoms with Gasteiger partial charge < -0.3 is 9.84 Å². The molecule has 142 valence electrons. The Kier molecular flexibility index (Phi) is 4.69. The van der Waals surface area contributed by atoms with Crippen molar-refractivity contribution in [1.82, 2.24) is 0 Å². The minimum Gasteiger partial charge on any atom is -0.508 e. The normalized spacial score (nSPS) is 18.7. The van der Waals surface area contributed by atoms with Crippen LogP contribution < -0.4 is 0 Å². The van der Waals surface area contributed by atoms with Crippen LogP contribution in [0.4, 0.5) is 4.39 Å². The molecule has 0 aromatic heterocycles. The van der Waals surface area contributed by atoms with Crippen molar-refractivity contribution in [1.29, 1.82) is 0 Å². The number of halogens is 2. The maximum Gasteiger partial charge on any atom is 0.198 e. The summed E-state index contributed by atoms with van der Waals surface area (Å²) in [5.41, 5.74) is 0.968. The summed E-state index contributed by atoms with van der Waals surface area (Å²) in [5.74, 6) is -0.904. The predicted octanol–water partition coefficient (Wildman–Crippen LogP) is 5.88. The highest BCUT2D eigenvalue weighted by Gasteiger charge is 2.47. The summed E-state index contributed by atoms with van der Waals surface area (Å²) in [7, 11) is 0. The number of Topliss-reactive ketones (excluding diaryl/α,β-unsaturated/α-hetero) is 1. The Bertz CT molecular complexity index is 974. The van der Waals surface area contributed by atoms with Gasteiger partial charge in [-0.1, -0.05) is 29.8 Å². The van der Waals surface area contributed by atoms with E-state index in [-0.39, 0.29) is 22.1 Å². The van der Waals surface area contributed by atoms with Gasteiger partial charge in [-0.2, -0.15) is 0 Å². The van der Waals surface area contributed by atoms with Gasteiger partial charge in [-0.25, -0.2) is 4.39 Å². The summed E-state index contributed by atoms with van der Waals surface area (Å²) < 4.78 is 19.7. The molecule has 1 aliphatic heterocycles. The van der Waals surface area contributed by atoms with Crippen LogP contribution in [0.1, 0.15) is 38.8 Å². The third-order valence-corrected chi connectivity index (χ3v) is 5.16. The van der Waals surface area contributed by atoms with Crippen LogP contribution in [0, 0.1) is 12.7 Å². The topological polar surface area (TPSA) is 46.5 Å². The van der Waals surface area contributed by atoms with E-state index < -0.39 is 17.0 Å². The van der Waals surface area contributed by atoms with Crippen LogP contribution in [-0.2, 0) is 9.53 Å². The Morgan fingerprint density at radius 2 is 1.59 bits per heavy atom. The van der Waals surface area contributed by atoms with Crippen molar-refractivity contribution in [2.24, 2.45) is 0 Å². The standard InChI is InChI=1S/C22H22ClFO3/c1-12-6-7-13(14-8-9-16(23)17(24)11-14)10-15(12)18-19(25)21(2,3)27-22(4,5)20(18)26/h6-11,25H,1-5H3. The second kappa shape index (κ2) is 6.47. The van der Waals surface area contributed by atoms with Gasteiger partial charge in [0.15, 0.2) is 5.78 Å². The van der Waals surface area contributed by atoms with Crippen LogP contribution in [0.25, 0.3) is 16.7 Å². The minimum absolute atomic E-state index is 0.0505. The number of ketones is 1. The second-order valence-corrected chi connectivity index (χ2v) is 8.24. The molecule has 0 fully saturated rings. The molecule has 0 radical (unpaired) electrons. The van der Waals surface area contributed by atoms with Crippen molar-refractivity contribution in [3.8, 4) is 11.1 Å². The summed E-state index contributed by atoms with van der Waals surface area (Å²) in [6, 6.07) is 10.0. The number of carbonyl (C=O) groups is 1. The lowest BCUT2D eigenvalue weighted by Gasteiger charge is -2.40. The van der Waals surface area contributed by atoms with Crippen molar-refractivity contribution >= 4 is 23.0 Å². The Labute approximate surface area is 163 Å². The molecule has 1 N–H and O–H groups in total. The number of aryl methyl sites for hydroxylation is 1. The molecule has 3 nitrogen and oxygen atoms in total. The van der Waals surface area contributed by atoms with Gasteiger partial charge in [0.25, 0.3) is 0 Å². The van der Waals surface area contributed by atoms with E-state index in [1.165, 1.54) is 12.1 Å². The number of hydrogen-bond donors (Lipinski definition) is 1. The summed E-state index contributed by atoms with van der Waals surface area (Å²) >= 11 is 5.77. The minimum atomic E-state index is -1.07. The Morgan fingerprint density at radius 1 is 1.00 bits per heavy atom. The zero-order valence-corrected chi connectivity index (χ0v) is 16.7. The summed E-state index contributed by atoms with van der Waals surface area (Å²) in [5, 5.41) is 10.8. The smallest absolute Gasteiger partial charge is 0.198 e. The molecule has 0 spiro atoms. The number of benzene rings is 2. The summed E-state index contributed by atoms with van der Waals surface area (Å²) in [6.45, 7) is 8.70. The molecule has 2 aromatic rings. The molecule has 27 heavy (non-hydrogen) atoms. The molecule has 0 aliphatic carbocycles. The molecule has 0 unspecified atom stereocenters. The van der Waals surface area contributed by atoms with E-state index in [2.05, 4.69) is 0 Å². The molecular weight excluding hydrogens is 367 g/mol. The quantitative estimate of drug-likeness (QED) is 0.698. The monoisotopic (exact) mass is 388 g/mol. The van der Waals surface area contributed by atoms with Crippen molar-refractivity contribution in [3.63, 3.8) is 0 Å². The molecule has 0 saturated heterocycles. The first-order chi connectivity index (χ1) is 12.4. The lowest BCUT2D eigenvalue weighted by atomic mass is 9.81. The molecule has 0 amide bonds. The highest BCUT2D eigenvalue weighted by molar-refractivity contribution is 6.30. The fourth-order valence-electron chi connectivity index (χ4n) is 3.44. The van der Waals surface area contributed by atoms with Crippen molar-refractivity contribution in [3.05, 3.63) is 64.1 Å². The first kappa shape index (κ1) is 19.6. The number of carbonyl (C=O) groups excluding carboxylic acids is 1. The van der Waals surface area contributed by atoms with Gasteiger partial charge in [0.1, 0.15) is 22.8 Å². The van der Waals surface area contributed by atoms with Crippen LogP contribution in [-0.4, -0.2) is 22.1 Å². The zero-order valence-electron chi connectivity index (χ0n) is 16.0. The number of aliphatic hydroxyl groups excluding tert-OH is 1. The Hall–Kier alpha value is -2.17. The van der Waals surface area contributed by atoms with Gasteiger partial charge >= 0.3 is 0 Å². The average Bonchev–Trinajstić information content (AvgIpc) is 2.57. The van der Waals surface area contributed by atoms with E-state index in [4.69, 9.17) is 16.3 Å². The van der Waals surface area contributed by atoms with E-state index in [1.54, 1.807) is 39.8 Å². The maximum atomic E-state index is 13.9. The third-order valence-electron chi connectivity index (χ3n) is 4.85. The highest BCUT2D eigenvalue weighted by Crippen LogP contribution is 2.41. The molecule has 0 saturated carbocycles. The van der Waals surface area contributed by atoms with Crippen molar-refractivity contribution < 1.29 is 19.0 Å². The fraction of sp³-hybridized carbons (Fsp3) is 0.318. The number of rotatable bonds is 2. The van der Waals surface area contributed by atoms with E-state index in [9.17, 15) is 14.3 Å². The average molecular weight is 389 g/mol. The van der Waals surface area contributed by atoms with Gasteiger partial charge in [-0.05, 0) is 75.1 Å². The van der Waals surface area contributed by atoms with Gasteiger partial charge in [0, 0.05) is 0 Å². The van der Waals surface area contributed by atoms with E-state index in [0.29, 0.717) is 11.1 Å². The summed E-state index contributed by atoms with van der Waals surface area (Å²) in [4.78, 5) is 13.0.